The molecule has 1 aromatic heterocycles. The molecule has 158 valence electrons. The van der Waals surface area contributed by atoms with Crippen molar-refractivity contribution in [2.24, 2.45) is 0 Å². The fourth-order valence-electron chi connectivity index (χ4n) is 3.47. The van der Waals surface area contributed by atoms with Gasteiger partial charge in [-0.1, -0.05) is 18.2 Å². The number of nitrogens with one attached hydrogen (secondary N) is 1. The molecule has 0 atom stereocenters. The Bertz CT molecular complexity index is 1180. The predicted octanol–water partition coefficient (Wildman–Crippen LogP) is 4.78. The number of carbonyl (C=O) groups excluding carboxylic acids is 2. The summed E-state index contributed by atoms with van der Waals surface area (Å²) in [6, 6.07) is 14.5. The van der Waals surface area contributed by atoms with Gasteiger partial charge in [0.25, 0.3) is 11.8 Å². The van der Waals surface area contributed by atoms with Crippen molar-refractivity contribution in [1.82, 2.24) is 0 Å². The normalized spacial score (nSPS) is 13.7. The van der Waals surface area contributed by atoms with Crippen molar-refractivity contribution in [2.45, 2.75) is 13.8 Å². The molecular formula is C24H22N2O4S. The van der Waals surface area contributed by atoms with Crippen molar-refractivity contribution in [1.29, 1.82) is 0 Å². The van der Waals surface area contributed by atoms with E-state index in [-0.39, 0.29) is 5.70 Å². The maximum Gasteiger partial charge on any atom is 0.282 e. The molecule has 0 radical (unpaired) electrons. The third kappa shape index (κ3) is 3.68. The van der Waals surface area contributed by atoms with Crippen LogP contribution in [0.3, 0.4) is 0 Å². The van der Waals surface area contributed by atoms with Crippen LogP contribution in [0.25, 0.3) is 5.57 Å². The molecule has 0 fully saturated rings. The lowest BCUT2D eigenvalue weighted by Crippen LogP contribution is -2.32. The van der Waals surface area contributed by atoms with Crippen molar-refractivity contribution < 1.29 is 19.1 Å². The van der Waals surface area contributed by atoms with Crippen molar-refractivity contribution in [2.75, 3.05) is 24.4 Å². The molecule has 0 unspecified atom stereocenters. The topological polar surface area (TPSA) is 67.9 Å². The van der Waals surface area contributed by atoms with E-state index in [9.17, 15) is 9.59 Å². The minimum absolute atomic E-state index is 0.253. The second-order valence-electron chi connectivity index (χ2n) is 7.12. The molecule has 2 amide bonds. The highest BCUT2D eigenvalue weighted by Gasteiger charge is 2.41. The van der Waals surface area contributed by atoms with Gasteiger partial charge in [0.15, 0.2) is 0 Å². The summed E-state index contributed by atoms with van der Waals surface area (Å²) in [6.45, 7) is 3.99. The fraction of sp³-hybridized carbons (Fsp3) is 0.167. The molecule has 1 N–H and O–H groups in total. The molecule has 0 aliphatic carbocycles. The zero-order chi connectivity index (χ0) is 22.1. The van der Waals surface area contributed by atoms with Crippen LogP contribution < -0.4 is 19.7 Å². The minimum Gasteiger partial charge on any atom is -0.497 e. The van der Waals surface area contributed by atoms with Gasteiger partial charge in [-0.05, 0) is 42.5 Å². The van der Waals surface area contributed by atoms with E-state index in [0.29, 0.717) is 22.8 Å². The van der Waals surface area contributed by atoms with Gasteiger partial charge in [0.2, 0.25) is 0 Å². The highest BCUT2D eigenvalue weighted by molar-refractivity contribution is 7.11. The number of carbonyl (C=O) groups is 2. The van der Waals surface area contributed by atoms with E-state index in [0.717, 1.165) is 26.6 Å². The zero-order valence-electron chi connectivity index (χ0n) is 17.7. The van der Waals surface area contributed by atoms with Gasteiger partial charge in [0, 0.05) is 28.8 Å². The number of hydrogen-bond donors (Lipinski definition) is 1. The van der Waals surface area contributed by atoms with Crippen molar-refractivity contribution in [3.8, 4) is 11.5 Å². The summed E-state index contributed by atoms with van der Waals surface area (Å²) in [5, 5.41) is 5.12. The van der Waals surface area contributed by atoms with Gasteiger partial charge in [-0.25, -0.2) is 4.90 Å². The Labute approximate surface area is 184 Å². The van der Waals surface area contributed by atoms with Crippen LogP contribution in [-0.2, 0) is 9.59 Å². The Morgan fingerprint density at radius 3 is 2.23 bits per heavy atom. The van der Waals surface area contributed by atoms with Gasteiger partial charge in [0.05, 0.1) is 25.5 Å². The fourth-order valence-corrected chi connectivity index (χ4v) is 4.24. The molecule has 3 aromatic rings. The van der Waals surface area contributed by atoms with E-state index >= 15 is 0 Å². The van der Waals surface area contributed by atoms with Crippen LogP contribution in [0.5, 0.6) is 11.5 Å². The van der Waals surface area contributed by atoms with E-state index in [1.807, 2.05) is 49.6 Å². The predicted molar refractivity (Wildman–Crippen MR) is 123 cm³/mol. The molecule has 1 aliphatic heterocycles. The van der Waals surface area contributed by atoms with Crippen LogP contribution in [0, 0.1) is 13.8 Å². The Morgan fingerprint density at radius 2 is 1.61 bits per heavy atom. The second-order valence-corrected chi connectivity index (χ2v) is 8.06. The lowest BCUT2D eigenvalue weighted by molar-refractivity contribution is -0.120. The summed E-state index contributed by atoms with van der Waals surface area (Å²) in [6.07, 6.45) is 0. The average molecular weight is 435 g/mol. The molecule has 2 aromatic carbocycles. The van der Waals surface area contributed by atoms with E-state index in [2.05, 4.69) is 5.32 Å². The molecule has 7 heteroatoms. The van der Waals surface area contributed by atoms with E-state index in [1.54, 1.807) is 18.2 Å². The minimum atomic E-state index is -0.426. The third-order valence-electron chi connectivity index (χ3n) is 5.31. The summed E-state index contributed by atoms with van der Waals surface area (Å²) in [7, 11) is 3.05. The highest BCUT2D eigenvalue weighted by atomic mass is 32.1. The summed E-state index contributed by atoms with van der Waals surface area (Å²) in [5.41, 5.74) is 3.88. The Morgan fingerprint density at radius 1 is 0.903 bits per heavy atom. The molecule has 1 aliphatic rings. The first-order valence-electron chi connectivity index (χ1n) is 9.68. The van der Waals surface area contributed by atoms with E-state index in [1.165, 1.54) is 25.6 Å². The SMILES string of the molecule is COc1cc(OC)cc(N2C(=O)C(Nc3cccc(C)c3C)=C(c3cccs3)C2=O)c1. The molecule has 0 saturated carbocycles. The quantitative estimate of drug-likeness (QED) is 0.566. The molecule has 6 nitrogen and oxygen atoms in total. The Kier molecular flexibility index (Phi) is 5.52. The van der Waals surface area contributed by atoms with Crippen molar-refractivity contribution in [3.05, 3.63) is 75.6 Å². The second kappa shape index (κ2) is 8.28. The summed E-state index contributed by atoms with van der Waals surface area (Å²) < 4.78 is 10.6. The number of methoxy groups -OCH3 is 2. The van der Waals surface area contributed by atoms with Crippen LogP contribution in [0.15, 0.2) is 59.6 Å². The number of aryl methyl sites for hydroxylation is 1. The van der Waals surface area contributed by atoms with Gasteiger partial charge in [-0.2, -0.15) is 0 Å². The molecule has 31 heavy (non-hydrogen) atoms. The van der Waals surface area contributed by atoms with E-state index in [4.69, 9.17) is 9.47 Å². The number of hydrogen-bond acceptors (Lipinski definition) is 6. The number of amides is 2. The number of imide groups is 1. The molecule has 4 rings (SSSR count). The largest absolute Gasteiger partial charge is 0.497 e. The van der Waals surface area contributed by atoms with Crippen LogP contribution in [0.1, 0.15) is 16.0 Å². The zero-order valence-corrected chi connectivity index (χ0v) is 18.5. The monoisotopic (exact) mass is 434 g/mol. The third-order valence-corrected chi connectivity index (χ3v) is 6.20. The Balaban J connectivity index is 1.83. The van der Waals surface area contributed by atoms with Gasteiger partial charge < -0.3 is 14.8 Å². The van der Waals surface area contributed by atoms with Gasteiger partial charge in [-0.3, -0.25) is 9.59 Å². The first-order chi connectivity index (χ1) is 14.9. The number of ether oxygens (including phenoxy) is 2. The summed E-state index contributed by atoms with van der Waals surface area (Å²) in [4.78, 5) is 28.9. The maximum atomic E-state index is 13.5. The first-order valence-corrected chi connectivity index (χ1v) is 10.6. The number of rotatable bonds is 6. The number of nitrogens with zero attached hydrogens (tertiary/aromatic N) is 1. The van der Waals surface area contributed by atoms with Crippen LogP contribution >= 0.6 is 11.3 Å². The van der Waals surface area contributed by atoms with E-state index < -0.39 is 11.8 Å². The molecular weight excluding hydrogens is 412 g/mol. The lowest BCUT2D eigenvalue weighted by atomic mass is 10.1. The number of benzene rings is 2. The number of anilines is 2. The standard InChI is InChI=1S/C24H22N2O4S/c1-14-7-5-8-19(15(14)2)25-22-21(20-9-6-10-31-20)23(27)26(24(22)28)16-11-17(29-3)13-18(12-16)30-4/h5-13,25H,1-4H3. The lowest BCUT2D eigenvalue weighted by Gasteiger charge is -2.18. The smallest absolute Gasteiger partial charge is 0.282 e. The van der Waals surface area contributed by atoms with Gasteiger partial charge in [-0.15, -0.1) is 11.3 Å². The molecule has 0 spiro atoms. The maximum absolute atomic E-state index is 13.5. The number of thiophene rings is 1. The van der Waals surface area contributed by atoms with Crippen molar-refractivity contribution >= 4 is 40.1 Å². The van der Waals surface area contributed by atoms with Gasteiger partial charge in [0.1, 0.15) is 17.2 Å². The molecule has 0 bridgehead atoms. The first kappa shape index (κ1) is 20.7. The van der Waals surface area contributed by atoms with Crippen molar-refractivity contribution in [3.63, 3.8) is 0 Å². The highest BCUT2D eigenvalue weighted by Crippen LogP contribution is 2.38. The molecule has 2 heterocycles. The molecule has 0 saturated heterocycles. The van der Waals surface area contributed by atoms with Crippen LogP contribution in [0.4, 0.5) is 11.4 Å². The summed E-state index contributed by atoms with van der Waals surface area (Å²) >= 11 is 1.41. The van der Waals surface area contributed by atoms with Crippen LogP contribution in [-0.4, -0.2) is 26.0 Å². The summed E-state index contributed by atoms with van der Waals surface area (Å²) in [5.74, 6) is 0.160. The van der Waals surface area contributed by atoms with Gasteiger partial charge >= 0.3 is 0 Å². The average Bonchev–Trinajstić information content (AvgIpc) is 3.37. The van der Waals surface area contributed by atoms with Crippen LogP contribution in [0.2, 0.25) is 0 Å². The Hall–Kier alpha value is -3.58.